The fraction of sp³-hybridized carbons (Fsp3) is 0.682. The molecular formula is C22H35N3O4S. The third kappa shape index (κ3) is 6.03. The summed E-state index contributed by atoms with van der Waals surface area (Å²) in [4.78, 5) is 17.9. The number of carbonyl (C=O) groups is 1. The highest BCUT2D eigenvalue weighted by molar-refractivity contribution is 7.89. The predicted octanol–water partition coefficient (Wildman–Crippen LogP) is 1.80. The molecule has 0 N–H and O–H groups in total. The van der Waals surface area contributed by atoms with Gasteiger partial charge < -0.3 is 9.64 Å². The van der Waals surface area contributed by atoms with E-state index in [2.05, 4.69) is 24.0 Å². The lowest BCUT2D eigenvalue weighted by molar-refractivity contribution is -0.140. The van der Waals surface area contributed by atoms with Crippen molar-refractivity contribution in [2.75, 3.05) is 51.7 Å². The summed E-state index contributed by atoms with van der Waals surface area (Å²) in [7, 11) is -3.18. The van der Waals surface area contributed by atoms with Crippen LogP contribution in [0.4, 0.5) is 0 Å². The maximum atomic E-state index is 13.5. The topological polar surface area (TPSA) is 70.2 Å². The standard InChI is InChI=1S/C22H35N3O4S/c1-3-30(27,28)24-11-9-21(10-12-24)22(26)25(18-20-7-5-4-6-8-20)19(2)17-23-13-15-29-16-14-23/h4-8,19,21H,3,9-18H2,1-2H3. The molecule has 7 nitrogen and oxygen atoms in total. The molecule has 1 aromatic carbocycles. The number of sulfonamides is 1. The fourth-order valence-corrected chi connectivity index (χ4v) is 5.42. The Morgan fingerprint density at radius 3 is 2.37 bits per heavy atom. The number of morpholine rings is 1. The molecule has 30 heavy (non-hydrogen) atoms. The second-order valence-corrected chi connectivity index (χ2v) is 10.5. The van der Waals surface area contributed by atoms with Gasteiger partial charge in [0.1, 0.15) is 0 Å². The van der Waals surface area contributed by atoms with Crippen molar-refractivity contribution in [1.29, 1.82) is 0 Å². The van der Waals surface area contributed by atoms with Crippen molar-refractivity contribution in [3.8, 4) is 0 Å². The van der Waals surface area contributed by atoms with Crippen molar-refractivity contribution in [2.24, 2.45) is 5.92 Å². The fourth-order valence-electron chi connectivity index (χ4n) is 4.29. The number of amides is 1. The van der Waals surface area contributed by atoms with Crippen LogP contribution in [0.5, 0.6) is 0 Å². The van der Waals surface area contributed by atoms with Gasteiger partial charge >= 0.3 is 0 Å². The molecule has 0 radical (unpaired) electrons. The maximum absolute atomic E-state index is 13.5. The SMILES string of the molecule is CCS(=O)(=O)N1CCC(C(=O)N(Cc2ccccc2)C(C)CN2CCOCC2)CC1. The summed E-state index contributed by atoms with van der Waals surface area (Å²) in [5, 5.41) is 0. The van der Waals surface area contributed by atoms with Gasteiger partial charge in [-0.15, -0.1) is 0 Å². The minimum atomic E-state index is -3.18. The van der Waals surface area contributed by atoms with Gasteiger partial charge in [0.05, 0.1) is 19.0 Å². The molecule has 2 fully saturated rings. The van der Waals surface area contributed by atoms with Crippen molar-refractivity contribution in [2.45, 2.75) is 39.3 Å². The summed E-state index contributed by atoms with van der Waals surface area (Å²) in [5.74, 6) is 0.139. The van der Waals surface area contributed by atoms with E-state index in [0.717, 1.165) is 38.4 Å². The third-order valence-electron chi connectivity index (χ3n) is 6.20. The lowest BCUT2D eigenvalue weighted by atomic mass is 9.95. The van der Waals surface area contributed by atoms with E-state index in [0.29, 0.717) is 32.5 Å². The monoisotopic (exact) mass is 437 g/mol. The minimum absolute atomic E-state index is 0.0770. The van der Waals surface area contributed by atoms with E-state index in [-0.39, 0.29) is 23.6 Å². The van der Waals surface area contributed by atoms with E-state index in [1.54, 1.807) is 6.92 Å². The number of carbonyl (C=O) groups excluding carboxylic acids is 1. The second kappa shape index (κ2) is 10.7. The number of rotatable bonds is 8. The maximum Gasteiger partial charge on any atom is 0.226 e. The van der Waals surface area contributed by atoms with Gasteiger partial charge in [-0.1, -0.05) is 30.3 Å². The first-order chi connectivity index (χ1) is 14.4. The van der Waals surface area contributed by atoms with Crippen LogP contribution in [0, 0.1) is 5.92 Å². The summed E-state index contributed by atoms with van der Waals surface area (Å²) < 4.78 is 31.3. The highest BCUT2D eigenvalue weighted by Gasteiger charge is 2.34. The number of piperidine rings is 1. The van der Waals surface area contributed by atoms with E-state index in [1.165, 1.54) is 4.31 Å². The molecule has 2 saturated heterocycles. The van der Waals surface area contributed by atoms with Gasteiger partial charge in [-0.05, 0) is 32.3 Å². The van der Waals surface area contributed by atoms with E-state index in [9.17, 15) is 13.2 Å². The number of nitrogens with zero attached hydrogens (tertiary/aromatic N) is 3. The van der Waals surface area contributed by atoms with Gasteiger partial charge in [0.25, 0.3) is 0 Å². The van der Waals surface area contributed by atoms with Crippen molar-refractivity contribution in [3.05, 3.63) is 35.9 Å². The first-order valence-corrected chi connectivity index (χ1v) is 12.6. The predicted molar refractivity (Wildman–Crippen MR) is 117 cm³/mol. The van der Waals surface area contributed by atoms with Crippen LogP contribution in [0.2, 0.25) is 0 Å². The van der Waals surface area contributed by atoms with Gasteiger partial charge in [-0.25, -0.2) is 12.7 Å². The molecule has 2 aliphatic rings. The van der Waals surface area contributed by atoms with Crippen LogP contribution in [0.3, 0.4) is 0 Å². The molecule has 0 spiro atoms. The van der Waals surface area contributed by atoms with Crippen LogP contribution in [0.15, 0.2) is 30.3 Å². The molecule has 1 aromatic rings. The van der Waals surface area contributed by atoms with Crippen molar-refractivity contribution in [3.63, 3.8) is 0 Å². The number of hydrogen-bond acceptors (Lipinski definition) is 5. The largest absolute Gasteiger partial charge is 0.379 e. The van der Waals surface area contributed by atoms with Crippen molar-refractivity contribution >= 4 is 15.9 Å². The summed E-state index contributed by atoms with van der Waals surface area (Å²) in [6.07, 6.45) is 1.18. The lowest BCUT2D eigenvalue weighted by Crippen LogP contribution is -2.51. The van der Waals surface area contributed by atoms with Crippen molar-refractivity contribution in [1.82, 2.24) is 14.1 Å². The summed E-state index contributed by atoms with van der Waals surface area (Å²) in [5.41, 5.74) is 1.12. The van der Waals surface area contributed by atoms with Gasteiger partial charge in [-0.3, -0.25) is 9.69 Å². The number of benzene rings is 1. The van der Waals surface area contributed by atoms with E-state index in [1.807, 2.05) is 23.1 Å². The van der Waals surface area contributed by atoms with E-state index >= 15 is 0 Å². The quantitative estimate of drug-likeness (QED) is 0.620. The molecule has 0 aromatic heterocycles. The second-order valence-electron chi connectivity index (χ2n) is 8.29. The molecule has 0 aliphatic carbocycles. The Morgan fingerprint density at radius 2 is 1.77 bits per heavy atom. The van der Waals surface area contributed by atoms with Crippen LogP contribution in [-0.4, -0.2) is 86.2 Å². The Kier molecular flexibility index (Phi) is 8.27. The highest BCUT2D eigenvalue weighted by Crippen LogP contribution is 2.24. The third-order valence-corrected chi connectivity index (χ3v) is 8.08. The average Bonchev–Trinajstić information content (AvgIpc) is 2.78. The first-order valence-electron chi connectivity index (χ1n) is 11.0. The normalized spacial score (nSPS) is 20.7. The summed E-state index contributed by atoms with van der Waals surface area (Å²) in [6, 6.07) is 10.2. The van der Waals surface area contributed by atoms with Gasteiger partial charge in [-0.2, -0.15) is 0 Å². The van der Waals surface area contributed by atoms with Crippen LogP contribution in [0.1, 0.15) is 32.3 Å². The molecule has 3 rings (SSSR count). The molecule has 1 atom stereocenters. The average molecular weight is 438 g/mol. The Morgan fingerprint density at radius 1 is 1.13 bits per heavy atom. The zero-order chi connectivity index (χ0) is 21.6. The number of ether oxygens (including phenoxy) is 1. The van der Waals surface area contributed by atoms with Gasteiger partial charge in [0.2, 0.25) is 15.9 Å². The Hall–Kier alpha value is -1.48. The Balaban J connectivity index is 1.68. The molecule has 0 saturated carbocycles. The molecule has 2 aliphatic heterocycles. The molecule has 2 heterocycles. The minimum Gasteiger partial charge on any atom is -0.379 e. The van der Waals surface area contributed by atoms with Crippen LogP contribution in [-0.2, 0) is 26.1 Å². The highest BCUT2D eigenvalue weighted by atomic mass is 32.2. The molecule has 168 valence electrons. The van der Waals surface area contributed by atoms with E-state index < -0.39 is 10.0 Å². The van der Waals surface area contributed by atoms with Gasteiger partial charge in [0.15, 0.2) is 0 Å². The Labute approximate surface area is 181 Å². The molecule has 0 bridgehead atoms. The zero-order valence-corrected chi connectivity index (χ0v) is 19.0. The zero-order valence-electron chi connectivity index (χ0n) is 18.2. The number of hydrogen-bond donors (Lipinski definition) is 0. The first kappa shape index (κ1) is 23.2. The lowest BCUT2D eigenvalue weighted by Gasteiger charge is -2.38. The molecule has 1 amide bonds. The summed E-state index contributed by atoms with van der Waals surface area (Å²) in [6.45, 7) is 9.33. The molecule has 8 heteroatoms. The Bertz CT molecular complexity index is 773. The van der Waals surface area contributed by atoms with Crippen LogP contribution in [0.25, 0.3) is 0 Å². The van der Waals surface area contributed by atoms with Crippen molar-refractivity contribution < 1.29 is 17.9 Å². The summed E-state index contributed by atoms with van der Waals surface area (Å²) >= 11 is 0. The van der Waals surface area contributed by atoms with Gasteiger partial charge in [0, 0.05) is 51.2 Å². The van der Waals surface area contributed by atoms with E-state index in [4.69, 9.17) is 4.74 Å². The molecule has 1 unspecified atom stereocenters. The van der Waals surface area contributed by atoms with Crippen LogP contribution < -0.4 is 0 Å². The molecular weight excluding hydrogens is 402 g/mol. The smallest absolute Gasteiger partial charge is 0.226 e. The van der Waals surface area contributed by atoms with Crippen LogP contribution >= 0.6 is 0 Å².